The number of nitrogens with one attached hydrogen (secondary N) is 1. The van der Waals surface area contributed by atoms with Crippen LogP contribution in [0.25, 0.3) is 0 Å². The van der Waals surface area contributed by atoms with Crippen LogP contribution >= 0.6 is 15.9 Å². The molecule has 0 bridgehead atoms. The Morgan fingerprint density at radius 2 is 2.00 bits per heavy atom. The first-order chi connectivity index (χ1) is 6.72. The molecule has 2 N–H and O–H groups in total. The van der Waals surface area contributed by atoms with Gasteiger partial charge in [-0.25, -0.2) is 0 Å². The van der Waals surface area contributed by atoms with Crippen molar-refractivity contribution in [1.82, 2.24) is 5.32 Å². The minimum Gasteiger partial charge on any atom is -0.393 e. The average Bonchev–Trinajstić information content (AvgIpc) is 2.17. The Labute approximate surface area is 93.4 Å². The summed E-state index contributed by atoms with van der Waals surface area (Å²) in [6.45, 7) is 0.776. The Hall–Kier alpha value is -0.0900. The lowest BCUT2D eigenvalue weighted by atomic mass is 9.87. The van der Waals surface area contributed by atoms with E-state index in [2.05, 4.69) is 21.2 Å². The van der Waals surface area contributed by atoms with Gasteiger partial charge in [0.15, 0.2) is 0 Å². The van der Waals surface area contributed by atoms with Crippen LogP contribution in [0.3, 0.4) is 0 Å². The van der Waals surface area contributed by atoms with Crippen LogP contribution in [0, 0.1) is 5.92 Å². The topological polar surface area (TPSA) is 49.3 Å². The van der Waals surface area contributed by atoms with E-state index >= 15 is 0 Å². The van der Waals surface area contributed by atoms with E-state index in [4.69, 9.17) is 0 Å². The highest BCUT2D eigenvalue weighted by Gasteiger charge is 2.19. The summed E-state index contributed by atoms with van der Waals surface area (Å²) in [5.41, 5.74) is 0. The van der Waals surface area contributed by atoms with Gasteiger partial charge >= 0.3 is 0 Å². The second-order valence-electron chi connectivity index (χ2n) is 3.92. The van der Waals surface area contributed by atoms with Gasteiger partial charge in [-0.05, 0) is 31.6 Å². The molecule has 0 radical (unpaired) electrons. The maximum absolute atomic E-state index is 11.2. The number of rotatable bonds is 4. The number of carbonyl (C=O) groups excluding carboxylic acids is 1. The van der Waals surface area contributed by atoms with Gasteiger partial charge in [-0.1, -0.05) is 15.9 Å². The lowest BCUT2D eigenvalue weighted by Gasteiger charge is -2.25. The smallest absolute Gasteiger partial charge is 0.220 e. The van der Waals surface area contributed by atoms with Crippen LogP contribution in [0.1, 0.15) is 32.1 Å². The van der Waals surface area contributed by atoms with E-state index in [1.807, 2.05) is 0 Å². The fourth-order valence-electron chi connectivity index (χ4n) is 1.78. The van der Waals surface area contributed by atoms with Gasteiger partial charge in [0.05, 0.1) is 6.10 Å². The minimum absolute atomic E-state index is 0.107. The van der Waals surface area contributed by atoms with E-state index in [0.29, 0.717) is 12.3 Å². The van der Waals surface area contributed by atoms with Crippen LogP contribution in [0.2, 0.25) is 0 Å². The molecule has 0 heterocycles. The quantitative estimate of drug-likeness (QED) is 0.755. The minimum atomic E-state index is -0.107. The van der Waals surface area contributed by atoms with Crippen molar-refractivity contribution in [2.45, 2.75) is 38.2 Å². The van der Waals surface area contributed by atoms with Gasteiger partial charge < -0.3 is 10.4 Å². The third-order valence-electron chi connectivity index (χ3n) is 2.73. The van der Waals surface area contributed by atoms with Crippen molar-refractivity contribution in [1.29, 1.82) is 0 Å². The molecule has 1 fully saturated rings. The van der Waals surface area contributed by atoms with E-state index in [1.54, 1.807) is 0 Å². The van der Waals surface area contributed by atoms with Gasteiger partial charge in [-0.3, -0.25) is 4.79 Å². The summed E-state index contributed by atoms with van der Waals surface area (Å²) in [4.78, 5) is 11.2. The molecule has 0 aromatic carbocycles. The molecule has 0 aromatic rings. The molecule has 0 aliphatic heterocycles. The summed E-state index contributed by atoms with van der Waals surface area (Å²) >= 11 is 3.23. The summed E-state index contributed by atoms with van der Waals surface area (Å²) in [5, 5.41) is 12.9. The summed E-state index contributed by atoms with van der Waals surface area (Å²) in [6.07, 6.45) is 4.29. The van der Waals surface area contributed by atoms with E-state index in [0.717, 1.165) is 37.6 Å². The number of halogens is 1. The van der Waals surface area contributed by atoms with E-state index in [-0.39, 0.29) is 12.0 Å². The molecule has 0 aromatic heterocycles. The Morgan fingerprint density at radius 1 is 1.36 bits per heavy atom. The van der Waals surface area contributed by atoms with Crippen molar-refractivity contribution in [2.24, 2.45) is 5.92 Å². The molecular formula is C10H18BrNO2. The number of amides is 1. The predicted octanol–water partition coefficient (Wildman–Crippen LogP) is 1.44. The maximum atomic E-state index is 11.2. The van der Waals surface area contributed by atoms with Crippen LogP contribution in [0.15, 0.2) is 0 Å². The van der Waals surface area contributed by atoms with Gasteiger partial charge in [-0.2, -0.15) is 0 Å². The summed E-state index contributed by atoms with van der Waals surface area (Å²) in [6, 6.07) is 0. The van der Waals surface area contributed by atoms with Crippen molar-refractivity contribution in [3.05, 3.63) is 0 Å². The van der Waals surface area contributed by atoms with Crippen LogP contribution in [-0.2, 0) is 4.79 Å². The molecule has 4 heteroatoms. The van der Waals surface area contributed by atoms with Gasteiger partial charge in [-0.15, -0.1) is 0 Å². The molecule has 0 atom stereocenters. The fourth-order valence-corrected chi connectivity index (χ4v) is 2.14. The van der Waals surface area contributed by atoms with Gasteiger partial charge in [0, 0.05) is 18.3 Å². The number of hydrogen-bond donors (Lipinski definition) is 2. The monoisotopic (exact) mass is 263 g/mol. The third-order valence-corrected chi connectivity index (χ3v) is 3.12. The molecule has 1 rings (SSSR count). The van der Waals surface area contributed by atoms with Crippen molar-refractivity contribution in [2.75, 3.05) is 11.9 Å². The lowest BCUT2D eigenvalue weighted by Crippen LogP contribution is -2.32. The van der Waals surface area contributed by atoms with Crippen molar-refractivity contribution in [3.63, 3.8) is 0 Å². The van der Waals surface area contributed by atoms with Crippen molar-refractivity contribution in [3.8, 4) is 0 Å². The van der Waals surface area contributed by atoms with E-state index in [9.17, 15) is 9.90 Å². The SMILES string of the molecule is O=C(CCBr)NCC1CCC(O)CC1. The number of aliphatic hydroxyl groups is 1. The first kappa shape index (κ1) is 12.0. The molecule has 0 saturated heterocycles. The Morgan fingerprint density at radius 3 is 2.57 bits per heavy atom. The zero-order valence-electron chi connectivity index (χ0n) is 8.34. The molecule has 3 nitrogen and oxygen atoms in total. The van der Waals surface area contributed by atoms with Crippen LogP contribution in [-0.4, -0.2) is 29.0 Å². The highest BCUT2D eigenvalue weighted by Crippen LogP contribution is 2.23. The maximum Gasteiger partial charge on any atom is 0.220 e. The van der Waals surface area contributed by atoms with Gasteiger partial charge in [0.2, 0.25) is 5.91 Å². The van der Waals surface area contributed by atoms with E-state index in [1.165, 1.54) is 0 Å². The molecule has 82 valence electrons. The molecular weight excluding hydrogens is 246 g/mol. The van der Waals surface area contributed by atoms with Crippen LogP contribution < -0.4 is 5.32 Å². The van der Waals surface area contributed by atoms with Gasteiger partial charge in [0.25, 0.3) is 0 Å². The highest BCUT2D eigenvalue weighted by molar-refractivity contribution is 9.09. The fraction of sp³-hybridized carbons (Fsp3) is 0.900. The molecule has 1 aliphatic carbocycles. The summed E-state index contributed by atoms with van der Waals surface area (Å²) in [5.74, 6) is 0.686. The second-order valence-corrected chi connectivity index (χ2v) is 4.71. The Balaban J connectivity index is 2.09. The van der Waals surface area contributed by atoms with E-state index < -0.39 is 0 Å². The molecule has 1 amide bonds. The standard InChI is InChI=1S/C10H18BrNO2/c11-6-5-10(14)12-7-8-1-3-9(13)4-2-8/h8-9,13H,1-7H2,(H,12,14). The third kappa shape index (κ3) is 4.42. The number of carbonyl (C=O) groups is 1. The number of aliphatic hydroxyl groups excluding tert-OH is 1. The van der Waals surface area contributed by atoms with Crippen LogP contribution in [0.5, 0.6) is 0 Å². The lowest BCUT2D eigenvalue weighted by molar-refractivity contribution is -0.120. The summed E-state index contributed by atoms with van der Waals surface area (Å²) < 4.78 is 0. The van der Waals surface area contributed by atoms with Gasteiger partial charge in [0.1, 0.15) is 0 Å². The van der Waals surface area contributed by atoms with Crippen LogP contribution in [0.4, 0.5) is 0 Å². The van der Waals surface area contributed by atoms with Crippen molar-refractivity contribution < 1.29 is 9.90 Å². The predicted molar refractivity (Wildman–Crippen MR) is 59.4 cm³/mol. The zero-order valence-corrected chi connectivity index (χ0v) is 9.92. The van der Waals surface area contributed by atoms with Crippen molar-refractivity contribution >= 4 is 21.8 Å². The first-order valence-corrected chi connectivity index (χ1v) is 6.35. The number of hydrogen-bond acceptors (Lipinski definition) is 2. The number of alkyl halides is 1. The highest BCUT2D eigenvalue weighted by atomic mass is 79.9. The average molecular weight is 264 g/mol. The molecule has 1 saturated carbocycles. The second kappa shape index (κ2) is 6.40. The normalized spacial score (nSPS) is 27.3. The molecule has 0 spiro atoms. The Bertz CT molecular complexity index is 179. The molecule has 0 unspecified atom stereocenters. The zero-order chi connectivity index (χ0) is 10.4. The molecule has 1 aliphatic rings. The largest absolute Gasteiger partial charge is 0.393 e. The molecule has 14 heavy (non-hydrogen) atoms. The first-order valence-electron chi connectivity index (χ1n) is 5.23. The Kier molecular flexibility index (Phi) is 5.48. The summed E-state index contributed by atoms with van der Waals surface area (Å²) in [7, 11) is 0.